The monoisotopic (exact) mass is 290 g/mol. The van der Waals surface area contributed by atoms with Crippen molar-refractivity contribution in [3.05, 3.63) is 29.8 Å². The predicted molar refractivity (Wildman–Crippen MR) is 66.9 cm³/mol. The van der Waals surface area contributed by atoms with Gasteiger partial charge in [-0.2, -0.15) is 4.31 Å². The molecule has 2 N–H and O–H groups in total. The van der Waals surface area contributed by atoms with Crippen LogP contribution < -0.4 is 5.73 Å². The largest absolute Gasteiger partial charge is 0.330 e. The summed E-state index contributed by atoms with van der Waals surface area (Å²) >= 11 is 0. The lowest BCUT2D eigenvalue weighted by atomic mass is 9.90. The molecule has 0 radical (unpaired) electrons. The minimum absolute atomic E-state index is 0.268. The lowest BCUT2D eigenvalue weighted by Crippen LogP contribution is -2.34. The van der Waals surface area contributed by atoms with E-state index in [1.807, 2.05) is 6.92 Å². The molecule has 1 fully saturated rings. The molecule has 1 aromatic carbocycles. The minimum atomic E-state index is -3.87. The number of hydrogen-bond acceptors (Lipinski definition) is 3. The van der Waals surface area contributed by atoms with Gasteiger partial charge in [0, 0.05) is 19.2 Å². The van der Waals surface area contributed by atoms with Crippen molar-refractivity contribution >= 4 is 10.0 Å². The van der Waals surface area contributed by atoms with Crippen molar-refractivity contribution in [2.45, 2.75) is 18.2 Å². The van der Waals surface area contributed by atoms with Crippen LogP contribution in [0.25, 0.3) is 0 Å². The maximum atomic E-state index is 13.1. The summed E-state index contributed by atoms with van der Waals surface area (Å²) in [5, 5.41) is 0. The SMILES string of the molecule is CC1(CN)CCN(S(=O)(=O)c2cc(F)cc(F)c2)C1. The first-order valence-corrected chi connectivity index (χ1v) is 7.37. The first-order valence-electron chi connectivity index (χ1n) is 5.93. The van der Waals surface area contributed by atoms with Crippen LogP contribution in [0.2, 0.25) is 0 Å². The molecule has 0 aliphatic carbocycles. The Hall–Kier alpha value is -1.05. The van der Waals surface area contributed by atoms with E-state index >= 15 is 0 Å². The van der Waals surface area contributed by atoms with Crippen molar-refractivity contribution in [1.29, 1.82) is 0 Å². The fraction of sp³-hybridized carbons (Fsp3) is 0.500. The van der Waals surface area contributed by atoms with Crippen molar-refractivity contribution in [1.82, 2.24) is 4.31 Å². The molecule has 1 aromatic rings. The van der Waals surface area contributed by atoms with Gasteiger partial charge in [-0.1, -0.05) is 6.92 Å². The van der Waals surface area contributed by atoms with Crippen LogP contribution in [0.1, 0.15) is 13.3 Å². The van der Waals surface area contributed by atoms with Gasteiger partial charge in [-0.25, -0.2) is 17.2 Å². The zero-order valence-electron chi connectivity index (χ0n) is 10.6. The number of nitrogens with two attached hydrogens (primary N) is 1. The van der Waals surface area contributed by atoms with Crippen molar-refractivity contribution in [2.75, 3.05) is 19.6 Å². The van der Waals surface area contributed by atoms with Crippen molar-refractivity contribution in [3.8, 4) is 0 Å². The van der Waals surface area contributed by atoms with E-state index in [4.69, 9.17) is 5.73 Å². The normalized spacial score (nSPS) is 24.8. The molecule has 2 rings (SSSR count). The van der Waals surface area contributed by atoms with Gasteiger partial charge in [0.05, 0.1) is 4.90 Å². The molecule has 0 aromatic heterocycles. The summed E-state index contributed by atoms with van der Waals surface area (Å²) in [5.74, 6) is -1.81. The van der Waals surface area contributed by atoms with Crippen LogP contribution in [0.4, 0.5) is 8.78 Å². The second-order valence-electron chi connectivity index (χ2n) is 5.21. The van der Waals surface area contributed by atoms with Crippen molar-refractivity contribution < 1.29 is 17.2 Å². The number of rotatable bonds is 3. The van der Waals surface area contributed by atoms with Gasteiger partial charge >= 0.3 is 0 Å². The number of hydrogen-bond donors (Lipinski definition) is 1. The third-order valence-corrected chi connectivity index (χ3v) is 5.31. The van der Waals surface area contributed by atoms with E-state index in [0.717, 1.165) is 12.1 Å². The van der Waals surface area contributed by atoms with E-state index in [0.29, 0.717) is 25.6 Å². The third-order valence-electron chi connectivity index (χ3n) is 3.49. The van der Waals surface area contributed by atoms with Crippen LogP contribution in [0, 0.1) is 17.0 Å². The van der Waals surface area contributed by atoms with E-state index < -0.39 is 21.7 Å². The Balaban J connectivity index is 2.33. The van der Waals surface area contributed by atoms with Crippen LogP contribution in [0.5, 0.6) is 0 Å². The molecule has 1 heterocycles. The summed E-state index contributed by atoms with van der Waals surface area (Å²) in [7, 11) is -3.87. The Morgan fingerprint density at radius 1 is 1.32 bits per heavy atom. The second-order valence-corrected chi connectivity index (χ2v) is 7.15. The van der Waals surface area contributed by atoms with Gasteiger partial charge in [0.2, 0.25) is 10.0 Å². The Kier molecular flexibility index (Phi) is 3.63. The molecular formula is C12H16F2N2O2S. The topological polar surface area (TPSA) is 63.4 Å². The maximum absolute atomic E-state index is 13.1. The molecule has 0 bridgehead atoms. The van der Waals surface area contributed by atoms with E-state index in [-0.39, 0.29) is 16.9 Å². The quantitative estimate of drug-likeness (QED) is 0.913. The van der Waals surface area contributed by atoms with E-state index in [1.165, 1.54) is 4.31 Å². The average Bonchev–Trinajstić information content (AvgIpc) is 2.72. The van der Waals surface area contributed by atoms with Crippen molar-refractivity contribution in [3.63, 3.8) is 0 Å². The second kappa shape index (κ2) is 4.81. The van der Waals surface area contributed by atoms with E-state index in [1.54, 1.807) is 0 Å². The summed E-state index contributed by atoms with van der Waals surface area (Å²) in [4.78, 5) is -0.355. The van der Waals surface area contributed by atoms with Gasteiger partial charge in [-0.3, -0.25) is 0 Å². The molecule has 1 saturated heterocycles. The molecule has 0 amide bonds. The van der Waals surface area contributed by atoms with Crippen LogP contribution >= 0.6 is 0 Å². The molecule has 7 heteroatoms. The molecule has 19 heavy (non-hydrogen) atoms. The van der Waals surface area contributed by atoms with Gasteiger partial charge in [0.15, 0.2) is 0 Å². The molecule has 106 valence electrons. The maximum Gasteiger partial charge on any atom is 0.243 e. The zero-order chi connectivity index (χ0) is 14.3. The fourth-order valence-corrected chi connectivity index (χ4v) is 3.81. The van der Waals surface area contributed by atoms with Crippen molar-refractivity contribution in [2.24, 2.45) is 11.1 Å². The van der Waals surface area contributed by atoms with Crippen LogP contribution in [-0.2, 0) is 10.0 Å². The minimum Gasteiger partial charge on any atom is -0.330 e. The lowest BCUT2D eigenvalue weighted by molar-refractivity contribution is 0.349. The van der Waals surface area contributed by atoms with Crippen LogP contribution in [0.3, 0.4) is 0 Å². The summed E-state index contributed by atoms with van der Waals surface area (Å²) in [6.45, 7) is 2.85. The first kappa shape index (κ1) is 14.4. The molecule has 1 aliphatic rings. The Morgan fingerprint density at radius 3 is 2.37 bits per heavy atom. The highest BCUT2D eigenvalue weighted by Crippen LogP contribution is 2.32. The number of halogens is 2. The summed E-state index contributed by atoms with van der Waals surface area (Å²) < 4.78 is 52.1. The van der Waals surface area contributed by atoms with Crippen LogP contribution in [-0.4, -0.2) is 32.4 Å². The molecule has 0 spiro atoms. The lowest BCUT2D eigenvalue weighted by Gasteiger charge is -2.22. The van der Waals surface area contributed by atoms with Gasteiger partial charge in [0.1, 0.15) is 11.6 Å². The van der Waals surface area contributed by atoms with Gasteiger partial charge in [-0.05, 0) is 30.5 Å². The molecular weight excluding hydrogens is 274 g/mol. The number of benzene rings is 1. The fourth-order valence-electron chi connectivity index (χ4n) is 2.18. The Bertz CT molecular complexity index is 571. The molecule has 4 nitrogen and oxygen atoms in total. The molecule has 0 saturated carbocycles. The highest BCUT2D eigenvalue weighted by Gasteiger charge is 2.39. The van der Waals surface area contributed by atoms with Gasteiger partial charge in [0.25, 0.3) is 0 Å². The smallest absolute Gasteiger partial charge is 0.243 e. The predicted octanol–water partition coefficient (Wildman–Crippen LogP) is 1.32. The average molecular weight is 290 g/mol. The van der Waals surface area contributed by atoms with Crippen LogP contribution in [0.15, 0.2) is 23.1 Å². The standard InChI is InChI=1S/C12H16F2N2O2S/c1-12(7-15)2-3-16(8-12)19(17,18)11-5-9(13)4-10(14)6-11/h4-6H,2-3,7-8,15H2,1H3. The number of sulfonamides is 1. The summed E-state index contributed by atoms with van der Waals surface area (Å²) in [6.07, 6.45) is 0.639. The summed E-state index contributed by atoms with van der Waals surface area (Å²) in [6, 6.07) is 2.31. The van der Waals surface area contributed by atoms with E-state index in [9.17, 15) is 17.2 Å². The summed E-state index contributed by atoms with van der Waals surface area (Å²) in [5.41, 5.74) is 5.34. The zero-order valence-corrected chi connectivity index (χ0v) is 11.4. The first-order chi connectivity index (χ1) is 8.77. The highest BCUT2D eigenvalue weighted by atomic mass is 32.2. The highest BCUT2D eigenvalue weighted by molar-refractivity contribution is 7.89. The van der Waals surface area contributed by atoms with Gasteiger partial charge in [-0.15, -0.1) is 0 Å². The third kappa shape index (κ3) is 2.77. The molecule has 1 aliphatic heterocycles. The van der Waals surface area contributed by atoms with E-state index in [2.05, 4.69) is 0 Å². The van der Waals surface area contributed by atoms with Gasteiger partial charge < -0.3 is 5.73 Å². The Morgan fingerprint density at radius 2 is 1.89 bits per heavy atom. The molecule has 1 atom stereocenters. The Labute approximate surface area is 111 Å². The molecule has 1 unspecified atom stereocenters. The number of nitrogens with zero attached hydrogens (tertiary/aromatic N) is 1.